The van der Waals surface area contributed by atoms with Gasteiger partial charge in [0.2, 0.25) is 0 Å². The molecule has 0 fully saturated rings. The van der Waals surface area contributed by atoms with Gasteiger partial charge in [0.05, 0.1) is 0 Å². The van der Waals surface area contributed by atoms with Crippen LogP contribution in [0, 0.1) is 0 Å². The third-order valence-corrected chi connectivity index (χ3v) is 4.78. The Morgan fingerprint density at radius 3 is 2.04 bits per heavy atom. The Kier molecular flexibility index (Phi) is 4.13. The summed E-state index contributed by atoms with van der Waals surface area (Å²) in [5.74, 6) is 0.804. The fourth-order valence-electron chi connectivity index (χ4n) is 3.33. The monoisotopic (exact) mass is 340 g/mol. The van der Waals surface area contributed by atoms with Crippen molar-refractivity contribution < 1.29 is 4.52 Å². The zero-order chi connectivity index (χ0) is 18.0. The van der Waals surface area contributed by atoms with Crippen LogP contribution in [-0.4, -0.2) is 10.1 Å². The molecule has 4 rings (SSSR count). The lowest BCUT2D eigenvalue weighted by Crippen LogP contribution is -2.20. The molecule has 2 heterocycles. The highest BCUT2D eigenvalue weighted by Crippen LogP contribution is 2.43. The lowest BCUT2D eigenvalue weighted by Gasteiger charge is -2.26. The van der Waals surface area contributed by atoms with Gasteiger partial charge in [-0.05, 0) is 11.6 Å². The van der Waals surface area contributed by atoms with Crippen LogP contribution in [0.5, 0.6) is 0 Å². The van der Waals surface area contributed by atoms with E-state index in [1.807, 2.05) is 48.7 Å². The molecule has 0 aliphatic rings. The van der Waals surface area contributed by atoms with E-state index in [4.69, 9.17) is 4.52 Å². The zero-order valence-corrected chi connectivity index (χ0v) is 14.9. The fourth-order valence-corrected chi connectivity index (χ4v) is 3.33. The Balaban J connectivity index is 1.98. The molecular weight excluding hydrogens is 320 g/mol. The Labute approximate surface area is 153 Å². The molecule has 0 spiro atoms. The lowest BCUT2D eigenvalue weighted by molar-refractivity contribution is 0.432. The van der Waals surface area contributed by atoms with Crippen LogP contribution in [0.15, 0.2) is 89.7 Å². The molecule has 3 nitrogen and oxygen atoms in total. The minimum Gasteiger partial charge on any atom is -0.355 e. The van der Waals surface area contributed by atoms with Crippen LogP contribution in [0.1, 0.15) is 25.0 Å². The van der Waals surface area contributed by atoms with Gasteiger partial charge in [0.15, 0.2) is 5.76 Å². The SMILES string of the molecule is CC(C)(c1cccnc1)c1c(-c2ccccc2)noc1-c1ccccc1. The highest BCUT2D eigenvalue weighted by Gasteiger charge is 2.34. The Morgan fingerprint density at radius 1 is 0.769 bits per heavy atom. The highest BCUT2D eigenvalue weighted by molar-refractivity contribution is 5.75. The van der Waals surface area contributed by atoms with E-state index >= 15 is 0 Å². The number of rotatable bonds is 4. The minimum atomic E-state index is -0.315. The summed E-state index contributed by atoms with van der Waals surface area (Å²) in [6, 6.07) is 24.4. The third-order valence-electron chi connectivity index (χ3n) is 4.78. The normalized spacial score (nSPS) is 11.5. The van der Waals surface area contributed by atoms with Crippen LogP contribution in [0.2, 0.25) is 0 Å². The van der Waals surface area contributed by atoms with Crippen molar-refractivity contribution in [3.05, 3.63) is 96.3 Å². The summed E-state index contributed by atoms with van der Waals surface area (Å²) in [6.07, 6.45) is 3.71. The summed E-state index contributed by atoms with van der Waals surface area (Å²) in [6.45, 7) is 4.38. The van der Waals surface area contributed by atoms with E-state index in [9.17, 15) is 0 Å². The lowest BCUT2D eigenvalue weighted by atomic mass is 9.76. The van der Waals surface area contributed by atoms with E-state index in [-0.39, 0.29) is 5.41 Å². The summed E-state index contributed by atoms with van der Waals surface area (Å²) >= 11 is 0. The molecule has 0 aliphatic heterocycles. The van der Waals surface area contributed by atoms with Crippen LogP contribution in [0.25, 0.3) is 22.6 Å². The summed E-state index contributed by atoms with van der Waals surface area (Å²) < 4.78 is 5.87. The molecule has 0 amide bonds. The molecule has 4 aromatic rings. The molecule has 2 aromatic heterocycles. The Hall–Kier alpha value is -3.20. The first kappa shape index (κ1) is 16.3. The number of hydrogen-bond donors (Lipinski definition) is 0. The number of benzene rings is 2. The van der Waals surface area contributed by atoms with Crippen molar-refractivity contribution in [3.63, 3.8) is 0 Å². The minimum absolute atomic E-state index is 0.315. The van der Waals surface area contributed by atoms with E-state index in [2.05, 4.69) is 54.3 Å². The first-order chi connectivity index (χ1) is 12.7. The van der Waals surface area contributed by atoms with Crippen LogP contribution in [0.4, 0.5) is 0 Å². The first-order valence-corrected chi connectivity index (χ1v) is 8.69. The second kappa shape index (κ2) is 6.60. The molecule has 0 saturated heterocycles. The summed E-state index contributed by atoms with van der Waals surface area (Å²) in [7, 11) is 0. The summed E-state index contributed by atoms with van der Waals surface area (Å²) in [5, 5.41) is 4.46. The maximum absolute atomic E-state index is 5.87. The van der Waals surface area contributed by atoms with Crippen molar-refractivity contribution in [2.45, 2.75) is 19.3 Å². The third kappa shape index (κ3) is 2.82. The largest absolute Gasteiger partial charge is 0.355 e. The predicted octanol–water partition coefficient (Wildman–Crippen LogP) is 5.73. The summed E-state index contributed by atoms with van der Waals surface area (Å²) in [4.78, 5) is 4.31. The fraction of sp³-hybridized carbons (Fsp3) is 0.130. The molecule has 2 aromatic carbocycles. The molecule has 0 aliphatic carbocycles. The Morgan fingerprint density at radius 2 is 1.42 bits per heavy atom. The average Bonchev–Trinajstić information content (AvgIpc) is 3.16. The van der Waals surface area contributed by atoms with E-state index < -0.39 is 0 Å². The molecule has 128 valence electrons. The first-order valence-electron chi connectivity index (χ1n) is 8.69. The predicted molar refractivity (Wildman–Crippen MR) is 104 cm³/mol. The molecule has 26 heavy (non-hydrogen) atoms. The number of hydrogen-bond acceptors (Lipinski definition) is 3. The molecular formula is C23H20N2O. The smallest absolute Gasteiger partial charge is 0.171 e. The molecule has 0 atom stereocenters. The van der Waals surface area contributed by atoms with Gasteiger partial charge in [-0.3, -0.25) is 4.98 Å². The van der Waals surface area contributed by atoms with Gasteiger partial charge in [-0.25, -0.2) is 0 Å². The second-order valence-corrected chi connectivity index (χ2v) is 6.83. The van der Waals surface area contributed by atoms with Crippen LogP contribution in [0.3, 0.4) is 0 Å². The van der Waals surface area contributed by atoms with E-state index in [0.29, 0.717) is 0 Å². The standard InChI is InChI=1S/C23H20N2O/c1-23(2,19-14-9-15-24-16-19)20-21(17-10-5-3-6-11-17)25-26-22(20)18-12-7-4-8-13-18/h3-16H,1-2H3. The molecule has 0 unspecified atom stereocenters. The van der Waals surface area contributed by atoms with Gasteiger partial charge in [0.25, 0.3) is 0 Å². The van der Waals surface area contributed by atoms with Gasteiger partial charge in [-0.2, -0.15) is 0 Å². The van der Waals surface area contributed by atoms with Crippen molar-refractivity contribution in [1.29, 1.82) is 0 Å². The van der Waals surface area contributed by atoms with Crippen LogP contribution < -0.4 is 0 Å². The van der Waals surface area contributed by atoms with Crippen molar-refractivity contribution in [3.8, 4) is 22.6 Å². The quantitative estimate of drug-likeness (QED) is 0.476. The topological polar surface area (TPSA) is 38.9 Å². The molecule has 0 bridgehead atoms. The average molecular weight is 340 g/mol. The Bertz CT molecular complexity index is 933. The van der Waals surface area contributed by atoms with E-state index in [1.165, 1.54) is 0 Å². The maximum atomic E-state index is 5.87. The van der Waals surface area contributed by atoms with Gasteiger partial charge in [0, 0.05) is 34.5 Å². The second-order valence-electron chi connectivity index (χ2n) is 6.83. The number of pyridine rings is 1. The van der Waals surface area contributed by atoms with Crippen LogP contribution in [-0.2, 0) is 5.41 Å². The maximum Gasteiger partial charge on any atom is 0.171 e. The van der Waals surface area contributed by atoms with Crippen LogP contribution >= 0.6 is 0 Å². The van der Waals surface area contributed by atoms with Gasteiger partial charge < -0.3 is 4.52 Å². The van der Waals surface area contributed by atoms with Gasteiger partial charge in [-0.15, -0.1) is 0 Å². The molecule has 0 radical (unpaired) electrons. The molecule has 3 heteroatoms. The summed E-state index contributed by atoms with van der Waals surface area (Å²) in [5.41, 5.74) is 4.82. The van der Waals surface area contributed by atoms with Gasteiger partial charge in [-0.1, -0.05) is 85.7 Å². The van der Waals surface area contributed by atoms with E-state index in [1.54, 1.807) is 6.20 Å². The van der Waals surface area contributed by atoms with Gasteiger partial charge in [0.1, 0.15) is 5.69 Å². The van der Waals surface area contributed by atoms with E-state index in [0.717, 1.165) is 33.7 Å². The van der Waals surface area contributed by atoms with Gasteiger partial charge >= 0.3 is 0 Å². The van der Waals surface area contributed by atoms with Crippen molar-refractivity contribution in [2.75, 3.05) is 0 Å². The molecule has 0 saturated carbocycles. The highest BCUT2D eigenvalue weighted by atomic mass is 16.5. The molecule has 0 N–H and O–H groups in total. The van der Waals surface area contributed by atoms with Crippen molar-refractivity contribution in [2.24, 2.45) is 0 Å². The van der Waals surface area contributed by atoms with Crippen molar-refractivity contribution >= 4 is 0 Å². The number of aromatic nitrogens is 2. The van der Waals surface area contributed by atoms with Crippen molar-refractivity contribution in [1.82, 2.24) is 10.1 Å². The number of nitrogens with zero attached hydrogens (tertiary/aromatic N) is 2. The zero-order valence-electron chi connectivity index (χ0n) is 14.9.